The number of ether oxygens (including phenoxy) is 1. The molecule has 0 saturated heterocycles. The van der Waals surface area contributed by atoms with E-state index in [1.165, 1.54) is 5.56 Å². The molecule has 1 aliphatic rings. The SMILES string of the molecule is CC(C)N(CCCO)CC1Cc2cc(Cl)ccc2O1. The predicted octanol–water partition coefficient (Wildman–Crippen LogP) is 2.74. The molecule has 106 valence electrons. The van der Waals surface area contributed by atoms with Crippen LogP contribution in [0.3, 0.4) is 0 Å². The fourth-order valence-corrected chi connectivity index (χ4v) is 2.68. The molecule has 1 heterocycles. The topological polar surface area (TPSA) is 32.7 Å². The summed E-state index contributed by atoms with van der Waals surface area (Å²) in [4.78, 5) is 2.36. The second kappa shape index (κ2) is 6.60. The summed E-state index contributed by atoms with van der Waals surface area (Å²) < 4.78 is 5.96. The van der Waals surface area contributed by atoms with Crippen LogP contribution in [0.4, 0.5) is 0 Å². The lowest BCUT2D eigenvalue weighted by molar-refractivity contribution is 0.119. The number of aliphatic hydroxyl groups is 1. The molecular formula is C15H22ClNO2. The van der Waals surface area contributed by atoms with E-state index in [2.05, 4.69) is 18.7 Å². The van der Waals surface area contributed by atoms with Crippen LogP contribution in [0.25, 0.3) is 0 Å². The minimum Gasteiger partial charge on any atom is -0.488 e. The van der Waals surface area contributed by atoms with Crippen molar-refractivity contribution < 1.29 is 9.84 Å². The van der Waals surface area contributed by atoms with E-state index in [9.17, 15) is 0 Å². The van der Waals surface area contributed by atoms with Crippen molar-refractivity contribution in [3.8, 4) is 5.75 Å². The van der Waals surface area contributed by atoms with Crippen molar-refractivity contribution >= 4 is 11.6 Å². The third kappa shape index (κ3) is 3.85. The lowest BCUT2D eigenvalue weighted by Crippen LogP contribution is -2.40. The van der Waals surface area contributed by atoms with Crippen molar-refractivity contribution in [1.29, 1.82) is 0 Å². The highest BCUT2D eigenvalue weighted by Crippen LogP contribution is 2.31. The Bertz CT molecular complexity index is 423. The molecule has 1 aliphatic heterocycles. The van der Waals surface area contributed by atoms with E-state index < -0.39 is 0 Å². The zero-order chi connectivity index (χ0) is 13.8. The van der Waals surface area contributed by atoms with Crippen LogP contribution < -0.4 is 4.74 Å². The van der Waals surface area contributed by atoms with E-state index in [4.69, 9.17) is 21.4 Å². The Hall–Kier alpha value is -0.770. The number of hydrogen-bond donors (Lipinski definition) is 1. The fraction of sp³-hybridized carbons (Fsp3) is 0.600. The minimum atomic E-state index is 0.189. The third-order valence-electron chi connectivity index (χ3n) is 3.54. The van der Waals surface area contributed by atoms with E-state index in [1.807, 2.05) is 18.2 Å². The highest BCUT2D eigenvalue weighted by molar-refractivity contribution is 6.30. The van der Waals surface area contributed by atoms with Crippen LogP contribution in [-0.4, -0.2) is 41.8 Å². The first-order chi connectivity index (χ1) is 9.10. The summed E-state index contributed by atoms with van der Waals surface area (Å²) >= 11 is 6.00. The van der Waals surface area contributed by atoms with E-state index in [0.29, 0.717) is 6.04 Å². The summed E-state index contributed by atoms with van der Waals surface area (Å²) in [6.45, 7) is 6.40. The van der Waals surface area contributed by atoms with Crippen LogP contribution in [0.2, 0.25) is 5.02 Å². The molecule has 0 radical (unpaired) electrons. The molecule has 4 heteroatoms. The standard InChI is InChI=1S/C15H22ClNO2/c1-11(2)17(6-3-7-18)10-14-9-12-8-13(16)4-5-15(12)19-14/h4-5,8,11,14,18H,3,6-7,9-10H2,1-2H3. The highest BCUT2D eigenvalue weighted by Gasteiger charge is 2.25. The molecular weight excluding hydrogens is 262 g/mol. The third-order valence-corrected chi connectivity index (χ3v) is 3.77. The van der Waals surface area contributed by atoms with Crippen molar-refractivity contribution in [3.05, 3.63) is 28.8 Å². The number of fused-ring (bicyclic) bond motifs is 1. The van der Waals surface area contributed by atoms with Gasteiger partial charge in [-0.25, -0.2) is 0 Å². The Morgan fingerprint density at radius 1 is 1.47 bits per heavy atom. The Kier molecular flexibility index (Phi) is 5.08. The fourth-order valence-electron chi connectivity index (χ4n) is 2.49. The minimum absolute atomic E-state index is 0.189. The van der Waals surface area contributed by atoms with Crippen LogP contribution in [0.1, 0.15) is 25.8 Å². The Morgan fingerprint density at radius 3 is 2.95 bits per heavy atom. The summed E-state index contributed by atoms with van der Waals surface area (Å²) in [6, 6.07) is 6.27. The van der Waals surface area contributed by atoms with Crippen molar-refractivity contribution in [2.24, 2.45) is 0 Å². The van der Waals surface area contributed by atoms with Gasteiger partial charge in [-0.15, -0.1) is 0 Å². The number of halogens is 1. The Morgan fingerprint density at radius 2 is 2.26 bits per heavy atom. The molecule has 0 aliphatic carbocycles. The number of rotatable bonds is 6. The second-order valence-electron chi connectivity index (χ2n) is 5.36. The maximum Gasteiger partial charge on any atom is 0.123 e. The maximum atomic E-state index is 8.96. The summed E-state index contributed by atoms with van der Waals surface area (Å²) in [5.41, 5.74) is 1.20. The van der Waals surface area contributed by atoms with Gasteiger partial charge >= 0.3 is 0 Å². The monoisotopic (exact) mass is 283 g/mol. The molecule has 1 aromatic rings. The maximum absolute atomic E-state index is 8.96. The van der Waals surface area contributed by atoms with Crippen LogP contribution in [0.15, 0.2) is 18.2 Å². The smallest absolute Gasteiger partial charge is 0.123 e. The molecule has 0 amide bonds. The average molecular weight is 284 g/mol. The second-order valence-corrected chi connectivity index (χ2v) is 5.80. The molecule has 0 fully saturated rings. The molecule has 0 spiro atoms. The van der Waals surface area contributed by atoms with Gasteiger partial charge in [-0.05, 0) is 44.0 Å². The van der Waals surface area contributed by atoms with Crippen LogP contribution in [0.5, 0.6) is 5.75 Å². The lowest BCUT2D eigenvalue weighted by Gasteiger charge is -2.28. The van der Waals surface area contributed by atoms with Crippen molar-refractivity contribution in [1.82, 2.24) is 4.90 Å². The van der Waals surface area contributed by atoms with Gasteiger partial charge in [0.2, 0.25) is 0 Å². The first kappa shape index (κ1) is 14.6. The first-order valence-electron chi connectivity index (χ1n) is 6.90. The molecule has 1 atom stereocenters. The van der Waals surface area contributed by atoms with Crippen LogP contribution in [-0.2, 0) is 6.42 Å². The number of aliphatic hydroxyl groups excluding tert-OH is 1. The zero-order valence-corrected chi connectivity index (χ0v) is 12.4. The van der Waals surface area contributed by atoms with Gasteiger partial charge < -0.3 is 9.84 Å². The lowest BCUT2D eigenvalue weighted by atomic mass is 10.1. The van der Waals surface area contributed by atoms with E-state index in [0.717, 1.165) is 36.7 Å². The average Bonchev–Trinajstić information content (AvgIpc) is 2.75. The molecule has 2 rings (SSSR count). The van der Waals surface area contributed by atoms with Crippen LogP contribution >= 0.6 is 11.6 Å². The molecule has 19 heavy (non-hydrogen) atoms. The van der Waals surface area contributed by atoms with Gasteiger partial charge in [0.15, 0.2) is 0 Å². The molecule has 1 unspecified atom stereocenters. The van der Waals surface area contributed by atoms with Gasteiger partial charge in [0.1, 0.15) is 11.9 Å². The summed E-state index contributed by atoms with van der Waals surface area (Å²) in [6.07, 6.45) is 1.91. The van der Waals surface area contributed by atoms with Crippen LogP contribution in [0, 0.1) is 0 Å². The first-order valence-corrected chi connectivity index (χ1v) is 7.28. The molecule has 0 saturated carbocycles. The highest BCUT2D eigenvalue weighted by atomic mass is 35.5. The molecule has 1 aromatic carbocycles. The van der Waals surface area contributed by atoms with Gasteiger partial charge in [0.05, 0.1) is 0 Å². The molecule has 3 nitrogen and oxygen atoms in total. The number of hydrogen-bond acceptors (Lipinski definition) is 3. The zero-order valence-electron chi connectivity index (χ0n) is 11.6. The van der Waals surface area contributed by atoms with Crippen molar-refractivity contribution in [3.63, 3.8) is 0 Å². The van der Waals surface area contributed by atoms with Gasteiger partial charge in [0, 0.05) is 37.2 Å². The van der Waals surface area contributed by atoms with E-state index in [-0.39, 0.29) is 12.7 Å². The Labute approximate surface area is 120 Å². The molecule has 1 N–H and O–H groups in total. The van der Waals surface area contributed by atoms with Gasteiger partial charge in [-0.2, -0.15) is 0 Å². The quantitative estimate of drug-likeness (QED) is 0.871. The van der Waals surface area contributed by atoms with Gasteiger partial charge in [-0.3, -0.25) is 4.90 Å². The predicted molar refractivity (Wildman–Crippen MR) is 78.0 cm³/mol. The summed E-state index contributed by atoms with van der Waals surface area (Å²) in [5.74, 6) is 0.959. The normalized spacial score (nSPS) is 17.9. The summed E-state index contributed by atoms with van der Waals surface area (Å²) in [5, 5.41) is 9.73. The Balaban J connectivity index is 1.94. The van der Waals surface area contributed by atoms with Crippen molar-refractivity contribution in [2.75, 3.05) is 19.7 Å². The molecule has 0 bridgehead atoms. The van der Waals surface area contributed by atoms with E-state index in [1.54, 1.807) is 0 Å². The van der Waals surface area contributed by atoms with E-state index >= 15 is 0 Å². The summed E-state index contributed by atoms with van der Waals surface area (Å²) in [7, 11) is 0. The van der Waals surface area contributed by atoms with Gasteiger partial charge in [-0.1, -0.05) is 11.6 Å². The number of nitrogens with zero attached hydrogens (tertiary/aromatic N) is 1. The largest absolute Gasteiger partial charge is 0.488 e. The van der Waals surface area contributed by atoms with Gasteiger partial charge in [0.25, 0.3) is 0 Å². The van der Waals surface area contributed by atoms with Crippen molar-refractivity contribution in [2.45, 2.75) is 38.8 Å². The molecule has 0 aromatic heterocycles. The number of benzene rings is 1.